The van der Waals surface area contributed by atoms with Gasteiger partial charge >= 0.3 is 5.97 Å². The number of aromatic carboxylic acids is 1. The van der Waals surface area contributed by atoms with Gasteiger partial charge in [0.1, 0.15) is 0 Å². The molecule has 1 aliphatic rings. The fraction of sp³-hybridized carbons (Fsp3) is 0.350. The molecule has 0 saturated carbocycles. The van der Waals surface area contributed by atoms with Gasteiger partial charge in [-0.15, -0.1) is 0 Å². The van der Waals surface area contributed by atoms with Crippen molar-refractivity contribution in [1.29, 1.82) is 0 Å². The van der Waals surface area contributed by atoms with Gasteiger partial charge in [0.05, 0.1) is 16.8 Å². The Labute approximate surface area is 167 Å². The quantitative estimate of drug-likeness (QED) is 0.666. The lowest BCUT2D eigenvalue weighted by Gasteiger charge is -2.22. The maximum atomic E-state index is 11.2. The highest BCUT2D eigenvalue weighted by atomic mass is 32.1. The van der Waals surface area contributed by atoms with Gasteiger partial charge in [0, 0.05) is 44.1 Å². The van der Waals surface area contributed by atoms with Crippen LogP contribution in [-0.4, -0.2) is 53.0 Å². The third-order valence-corrected chi connectivity index (χ3v) is 5.98. The van der Waals surface area contributed by atoms with Gasteiger partial charge < -0.3 is 14.9 Å². The van der Waals surface area contributed by atoms with Gasteiger partial charge in [0.2, 0.25) is 0 Å². The second-order valence-corrected chi connectivity index (χ2v) is 8.19. The largest absolute Gasteiger partial charge is 0.476 e. The molecule has 1 aromatic carbocycles. The van der Waals surface area contributed by atoms with Crippen LogP contribution >= 0.6 is 11.3 Å². The second kappa shape index (κ2) is 7.27. The van der Waals surface area contributed by atoms with Crippen molar-refractivity contribution in [3.05, 3.63) is 47.3 Å². The van der Waals surface area contributed by atoms with Gasteiger partial charge in [0.15, 0.2) is 10.8 Å². The summed E-state index contributed by atoms with van der Waals surface area (Å²) in [5, 5.41) is 14.5. The predicted octanol–water partition coefficient (Wildman–Crippen LogP) is 3.38. The summed E-state index contributed by atoms with van der Waals surface area (Å²) in [7, 11) is 4.04. The van der Waals surface area contributed by atoms with E-state index in [1.165, 1.54) is 0 Å². The van der Waals surface area contributed by atoms with E-state index >= 15 is 0 Å². The van der Waals surface area contributed by atoms with Gasteiger partial charge in [0.25, 0.3) is 0 Å². The first-order valence-corrected chi connectivity index (χ1v) is 10.0. The van der Waals surface area contributed by atoms with Crippen molar-refractivity contribution >= 4 is 38.3 Å². The molecule has 0 unspecified atom stereocenters. The fourth-order valence-electron chi connectivity index (χ4n) is 3.34. The maximum Gasteiger partial charge on any atom is 0.356 e. The van der Waals surface area contributed by atoms with Gasteiger partial charge in [-0.05, 0) is 31.5 Å². The molecule has 0 atom stereocenters. The van der Waals surface area contributed by atoms with Crippen LogP contribution in [0.2, 0.25) is 0 Å². The van der Waals surface area contributed by atoms with Crippen molar-refractivity contribution in [3.8, 4) is 0 Å². The van der Waals surface area contributed by atoms with Gasteiger partial charge in [-0.25, -0.2) is 9.78 Å². The number of aryl methyl sites for hydroxylation is 1. The highest BCUT2D eigenvalue weighted by molar-refractivity contribution is 7.22. The van der Waals surface area contributed by atoms with Crippen molar-refractivity contribution in [1.82, 2.24) is 14.8 Å². The molecule has 1 aliphatic heterocycles. The number of carboxylic acids is 1. The molecule has 0 spiro atoms. The third kappa shape index (κ3) is 3.47. The van der Waals surface area contributed by atoms with Crippen LogP contribution in [0.15, 0.2) is 30.4 Å². The summed E-state index contributed by atoms with van der Waals surface area (Å²) in [6.45, 7) is 4.22. The zero-order chi connectivity index (χ0) is 19.8. The number of nitrogens with zero attached hydrogens (tertiary/aromatic N) is 5. The molecule has 0 amide bonds. The molecule has 8 heteroatoms. The minimum Gasteiger partial charge on any atom is -0.476 e. The minimum absolute atomic E-state index is 0.0663. The standard InChI is InChI=1S/C20H23N5O2S/c1-13-9-16(19(26)27)22-25(13)12-14-10-15(23(2)3)11-17-18(14)21-20(28-17)24-7-5-4-6-8-24/h4-5,9-11H,6-8,12H2,1-3H3,(H,26,27). The van der Waals surface area contributed by atoms with Crippen LogP contribution < -0.4 is 9.80 Å². The first-order valence-electron chi connectivity index (χ1n) is 9.21. The fourth-order valence-corrected chi connectivity index (χ4v) is 4.42. The monoisotopic (exact) mass is 397 g/mol. The van der Waals surface area contributed by atoms with Crippen molar-refractivity contribution in [3.63, 3.8) is 0 Å². The van der Waals surface area contributed by atoms with E-state index in [9.17, 15) is 9.90 Å². The zero-order valence-electron chi connectivity index (χ0n) is 16.2. The van der Waals surface area contributed by atoms with Crippen LogP contribution in [0.25, 0.3) is 10.2 Å². The highest BCUT2D eigenvalue weighted by Crippen LogP contribution is 2.35. The van der Waals surface area contributed by atoms with Crippen molar-refractivity contribution in [2.75, 3.05) is 37.0 Å². The number of fused-ring (bicyclic) bond motifs is 1. The molecule has 4 rings (SSSR count). The van der Waals surface area contributed by atoms with Crippen molar-refractivity contribution in [2.24, 2.45) is 0 Å². The molecule has 1 N–H and O–H groups in total. The first kappa shape index (κ1) is 18.5. The summed E-state index contributed by atoms with van der Waals surface area (Å²) in [5.41, 5.74) is 3.99. The molecule has 2 aromatic heterocycles. The lowest BCUT2D eigenvalue weighted by atomic mass is 10.1. The lowest BCUT2D eigenvalue weighted by molar-refractivity contribution is 0.0689. The molecule has 146 valence electrons. The summed E-state index contributed by atoms with van der Waals surface area (Å²) in [6, 6.07) is 5.88. The van der Waals surface area contributed by atoms with E-state index in [-0.39, 0.29) is 5.69 Å². The van der Waals surface area contributed by atoms with E-state index in [1.54, 1.807) is 22.1 Å². The third-order valence-electron chi connectivity index (χ3n) is 4.91. The SMILES string of the molecule is Cc1cc(C(=O)O)nn1Cc1cc(N(C)C)cc2sc(N3CC=CCC3)nc12. The number of carboxylic acid groups (broad SMARTS) is 1. The molecular weight excluding hydrogens is 374 g/mol. The van der Waals surface area contributed by atoms with Crippen LogP contribution in [-0.2, 0) is 6.54 Å². The number of aromatic nitrogens is 3. The van der Waals surface area contributed by atoms with Crippen LogP contribution in [0.3, 0.4) is 0 Å². The van der Waals surface area contributed by atoms with Crippen LogP contribution in [0, 0.1) is 6.92 Å². The van der Waals surface area contributed by atoms with Crippen LogP contribution in [0.1, 0.15) is 28.2 Å². The van der Waals surface area contributed by atoms with E-state index in [4.69, 9.17) is 4.98 Å². The minimum atomic E-state index is -1.01. The lowest BCUT2D eigenvalue weighted by Crippen LogP contribution is -2.26. The Balaban J connectivity index is 1.78. The predicted molar refractivity (Wildman–Crippen MR) is 113 cm³/mol. The average Bonchev–Trinajstić information content (AvgIpc) is 3.26. The summed E-state index contributed by atoms with van der Waals surface area (Å²) >= 11 is 1.70. The zero-order valence-corrected chi connectivity index (χ0v) is 17.0. The molecule has 3 heterocycles. The topological polar surface area (TPSA) is 74.5 Å². The normalized spacial score (nSPS) is 14.0. The average molecular weight is 398 g/mol. The molecule has 7 nitrogen and oxygen atoms in total. The number of anilines is 2. The molecule has 0 radical (unpaired) electrons. The van der Waals surface area contributed by atoms with Gasteiger partial charge in [-0.3, -0.25) is 4.68 Å². The number of carbonyl (C=O) groups is 1. The Morgan fingerprint density at radius 1 is 1.29 bits per heavy atom. The number of hydrogen-bond acceptors (Lipinski definition) is 6. The molecule has 0 fully saturated rings. The summed E-state index contributed by atoms with van der Waals surface area (Å²) in [5.74, 6) is -1.01. The number of benzene rings is 1. The Kier molecular flexibility index (Phi) is 4.80. The molecular formula is C20H23N5O2S. The van der Waals surface area contributed by atoms with Crippen LogP contribution in [0.5, 0.6) is 0 Å². The number of thiazole rings is 1. The Morgan fingerprint density at radius 3 is 2.75 bits per heavy atom. The highest BCUT2D eigenvalue weighted by Gasteiger charge is 2.18. The van der Waals surface area contributed by atoms with E-state index in [1.807, 2.05) is 21.0 Å². The smallest absolute Gasteiger partial charge is 0.356 e. The number of hydrogen-bond donors (Lipinski definition) is 1. The van der Waals surface area contributed by atoms with Gasteiger partial charge in [-0.1, -0.05) is 23.5 Å². The molecule has 0 bridgehead atoms. The van der Waals surface area contributed by atoms with Gasteiger partial charge in [-0.2, -0.15) is 5.10 Å². The first-order chi connectivity index (χ1) is 13.4. The summed E-state index contributed by atoms with van der Waals surface area (Å²) in [6.07, 6.45) is 5.43. The molecule has 28 heavy (non-hydrogen) atoms. The van der Waals surface area contributed by atoms with Crippen molar-refractivity contribution in [2.45, 2.75) is 19.9 Å². The van der Waals surface area contributed by atoms with E-state index in [0.29, 0.717) is 6.54 Å². The second-order valence-electron chi connectivity index (χ2n) is 7.18. The Bertz CT molecular complexity index is 1070. The number of rotatable bonds is 5. The molecule has 3 aromatic rings. The maximum absolute atomic E-state index is 11.2. The van der Waals surface area contributed by atoms with E-state index in [0.717, 1.165) is 51.8 Å². The molecule has 0 saturated heterocycles. The van der Waals surface area contributed by atoms with E-state index < -0.39 is 5.97 Å². The van der Waals surface area contributed by atoms with Crippen LogP contribution in [0.4, 0.5) is 10.8 Å². The van der Waals surface area contributed by atoms with E-state index in [2.05, 4.69) is 39.2 Å². The molecule has 0 aliphatic carbocycles. The van der Waals surface area contributed by atoms with Crippen molar-refractivity contribution < 1.29 is 9.90 Å². The Morgan fingerprint density at radius 2 is 2.11 bits per heavy atom. The Hall–Kier alpha value is -2.87. The summed E-state index contributed by atoms with van der Waals surface area (Å²) in [4.78, 5) is 20.6. The summed E-state index contributed by atoms with van der Waals surface area (Å²) < 4.78 is 2.87.